The van der Waals surface area contributed by atoms with Crippen LogP contribution in [0.4, 0.5) is 0 Å². The van der Waals surface area contributed by atoms with Gasteiger partial charge in [0.05, 0.1) is 31.4 Å². The van der Waals surface area contributed by atoms with E-state index in [0.29, 0.717) is 18.8 Å². The lowest BCUT2D eigenvalue weighted by Crippen LogP contribution is -2.37. The molecule has 0 bridgehead atoms. The molecule has 0 spiro atoms. The molecule has 136 valence electrons. The van der Waals surface area contributed by atoms with Gasteiger partial charge in [0.25, 0.3) is 0 Å². The number of carbonyl (C=O) groups is 1. The van der Waals surface area contributed by atoms with Crippen LogP contribution in [0.3, 0.4) is 0 Å². The number of amides is 1. The summed E-state index contributed by atoms with van der Waals surface area (Å²) in [6, 6.07) is 7.76. The molecule has 2 rings (SSSR count). The molecule has 1 amide bonds. The minimum absolute atomic E-state index is 0.108. The first kappa shape index (κ1) is 19.3. The predicted octanol–water partition coefficient (Wildman–Crippen LogP) is 2.41. The van der Waals surface area contributed by atoms with Gasteiger partial charge in [-0.05, 0) is 39.2 Å². The molecule has 0 radical (unpaired) electrons. The van der Waals surface area contributed by atoms with E-state index in [2.05, 4.69) is 14.9 Å². The summed E-state index contributed by atoms with van der Waals surface area (Å²) in [6.45, 7) is 4.00. The molecule has 1 heterocycles. The van der Waals surface area contributed by atoms with Crippen molar-refractivity contribution in [1.29, 1.82) is 0 Å². The molecule has 0 aliphatic carbocycles. The first-order valence-corrected chi connectivity index (χ1v) is 9.16. The van der Waals surface area contributed by atoms with Crippen LogP contribution in [0.5, 0.6) is 5.75 Å². The van der Waals surface area contributed by atoms with E-state index < -0.39 is 0 Å². The average Bonchev–Trinajstić information content (AvgIpc) is 3.01. The van der Waals surface area contributed by atoms with Crippen LogP contribution in [0.2, 0.25) is 0 Å². The molecule has 1 N–H and O–H groups in total. The molecule has 0 aliphatic rings. The monoisotopic (exact) mass is 362 g/mol. The zero-order valence-electron chi connectivity index (χ0n) is 15.3. The molecule has 6 nitrogen and oxygen atoms in total. The first-order valence-electron chi connectivity index (χ1n) is 8.17. The van der Waals surface area contributed by atoms with E-state index in [-0.39, 0.29) is 5.91 Å². The van der Waals surface area contributed by atoms with Crippen LogP contribution in [0.25, 0.3) is 0 Å². The number of hydrogen-bond acceptors (Lipinski definition) is 5. The number of aromatic amines is 1. The summed E-state index contributed by atoms with van der Waals surface area (Å²) < 4.78 is 5.23. The quantitative estimate of drug-likeness (QED) is 0.694. The van der Waals surface area contributed by atoms with Crippen molar-refractivity contribution >= 4 is 17.7 Å². The number of likely N-dealkylation sites (N-methyl/N-ethyl adjacent to an activating group) is 1. The van der Waals surface area contributed by atoms with Crippen molar-refractivity contribution in [1.82, 2.24) is 19.8 Å². The number of nitrogens with zero attached hydrogens (tertiary/aromatic N) is 3. The molecular formula is C18H26N4O2S. The van der Waals surface area contributed by atoms with Gasteiger partial charge < -0.3 is 19.5 Å². The van der Waals surface area contributed by atoms with Gasteiger partial charge in [0.2, 0.25) is 5.91 Å². The highest BCUT2D eigenvalue weighted by Gasteiger charge is 2.17. The number of thioether (sulfide) groups is 1. The summed E-state index contributed by atoms with van der Waals surface area (Å²) in [5.41, 5.74) is 1.92. The summed E-state index contributed by atoms with van der Waals surface area (Å²) in [6.07, 6.45) is 1.67. The van der Waals surface area contributed by atoms with Crippen LogP contribution >= 0.6 is 11.8 Å². The molecule has 0 unspecified atom stereocenters. The largest absolute Gasteiger partial charge is 0.497 e. The van der Waals surface area contributed by atoms with E-state index in [1.165, 1.54) is 11.8 Å². The van der Waals surface area contributed by atoms with Crippen LogP contribution < -0.4 is 4.74 Å². The van der Waals surface area contributed by atoms with Gasteiger partial charge in [-0.3, -0.25) is 4.79 Å². The van der Waals surface area contributed by atoms with Crippen molar-refractivity contribution < 1.29 is 9.53 Å². The Morgan fingerprint density at radius 2 is 2.12 bits per heavy atom. The highest BCUT2D eigenvalue weighted by Crippen LogP contribution is 2.23. The number of methoxy groups -OCH3 is 1. The van der Waals surface area contributed by atoms with Gasteiger partial charge in [0.1, 0.15) is 5.75 Å². The van der Waals surface area contributed by atoms with Crippen LogP contribution in [-0.2, 0) is 11.3 Å². The lowest BCUT2D eigenvalue weighted by molar-refractivity contribution is -0.129. The summed E-state index contributed by atoms with van der Waals surface area (Å²) in [5.74, 6) is 1.30. The molecule has 0 atom stereocenters. The molecule has 0 saturated heterocycles. The minimum Gasteiger partial charge on any atom is -0.497 e. The third kappa shape index (κ3) is 6.10. The second kappa shape index (κ2) is 9.48. The van der Waals surface area contributed by atoms with E-state index in [0.717, 1.165) is 28.6 Å². The predicted molar refractivity (Wildman–Crippen MR) is 101 cm³/mol. The van der Waals surface area contributed by atoms with Crippen molar-refractivity contribution in [3.63, 3.8) is 0 Å². The van der Waals surface area contributed by atoms with Crippen molar-refractivity contribution in [2.24, 2.45) is 0 Å². The maximum atomic E-state index is 12.7. The fourth-order valence-electron chi connectivity index (χ4n) is 2.27. The number of H-pyrrole nitrogens is 1. The van der Waals surface area contributed by atoms with Crippen LogP contribution in [0, 0.1) is 6.92 Å². The van der Waals surface area contributed by atoms with Gasteiger partial charge in [0, 0.05) is 23.7 Å². The van der Waals surface area contributed by atoms with Crippen molar-refractivity contribution in [3.05, 3.63) is 42.0 Å². The topological polar surface area (TPSA) is 61.5 Å². The maximum absolute atomic E-state index is 12.7. The molecule has 2 aromatic rings. The Labute approximate surface area is 153 Å². The Morgan fingerprint density at radius 1 is 1.32 bits per heavy atom. The van der Waals surface area contributed by atoms with E-state index in [4.69, 9.17) is 4.74 Å². The number of aromatic nitrogens is 2. The molecule has 0 saturated carbocycles. The normalized spacial score (nSPS) is 10.9. The third-order valence-electron chi connectivity index (χ3n) is 3.85. The number of carbonyl (C=O) groups excluding carboxylic acids is 1. The molecule has 1 aromatic carbocycles. The van der Waals surface area contributed by atoms with Gasteiger partial charge in [-0.25, -0.2) is 4.98 Å². The van der Waals surface area contributed by atoms with E-state index in [9.17, 15) is 4.79 Å². The van der Waals surface area contributed by atoms with E-state index in [1.54, 1.807) is 13.4 Å². The molecule has 25 heavy (non-hydrogen) atoms. The highest BCUT2D eigenvalue weighted by atomic mass is 32.2. The molecule has 0 aliphatic heterocycles. The number of aryl methyl sites for hydroxylation is 1. The number of ether oxygens (including phenoxy) is 1. The van der Waals surface area contributed by atoms with Crippen LogP contribution in [0.15, 0.2) is 35.5 Å². The lowest BCUT2D eigenvalue weighted by Gasteiger charge is -2.24. The molecule has 0 fully saturated rings. The standard InChI is InChI=1S/C18H26N4O2S/c1-14-17(20-13-19-14)11-22(9-8-21(2)3)18(23)12-25-16-7-5-6-15(10-16)24-4/h5-7,10,13H,8-9,11-12H2,1-4H3,(H,19,20). The van der Waals surface area contributed by atoms with E-state index in [1.807, 2.05) is 50.2 Å². The summed E-state index contributed by atoms with van der Waals surface area (Å²) >= 11 is 1.52. The maximum Gasteiger partial charge on any atom is 0.233 e. The highest BCUT2D eigenvalue weighted by molar-refractivity contribution is 8.00. The number of imidazole rings is 1. The second-order valence-electron chi connectivity index (χ2n) is 6.06. The van der Waals surface area contributed by atoms with Crippen molar-refractivity contribution in [2.75, 3.05) is 40.0 Å². The van der Waals surface area contributed by atoms with Gasteiger partial charge >= 0.3 is 0 Å². The smallest absolute Gasteiger partial charge is 0.233 e. The zero-order chi connectivity index (χ0) is 18.2. The Balaban J connectivity index is 1.99. The van der Waals surface area contributed by atoms with Gasteiger partial charge in [-0.1, -0.05) is 6.07 Å². The Bertz CT molecular complexity index is 687. The Kier molecular flexibility index (Phi) is 7.33. The van der Waals surface area contributed by atoms with Crippen LogP contribution in [0.1, 0.15) is 11.4 Å². The van der Waals surface area contributed by atoms with E-state index >= 15 is 0 Å². The number of benzene rings is 1. The fraction of sp³-hybridized carbons (Fsp3) is 0.444. The van der Waals surface area contributed by atoms with Gasteiger partial charge in [-0.15, -0.1) is 11.8 Å². The summed E-state index contributed by atoms with van der Waals surface area (Å²) in [7, 11) is 5.66. The summed E-state index contributed by atoms with van der Waals surface area (Å²) in [4.78, 5) is 25.1. The molecule has 1 aromatic heterocycles. The van der Waals surface area contributed by atoms with Crippen molar-refractivity contribution in [2.45, 2.75) is 18.4 Å². The van der Waals surface area contributed by atoms with Crippen LogP contribution in [-0.4, -0.2) is 65.7 Å². The Morgan fingerprint density at radius 3 is 2.76 bits per heavy atom. The third-order valence-corrected chi connectivity index (χ3v) is 4.83. The number of hydrogen-bond donors (Lipinski definition) is 1. The number of nitrogens with one attached hydrogen (secondary N) is 1. The van der Waals surface area contributed by atoms with Gasteiger partial charge in [0.15, 0.2) is 0 Å². The Hall–Kier alpha value is -1.99. The molecular weight excluding hydrogens is 336 g/mol. The average molecular weight is 362 g/mol. The van der Waals surface area contributed by atoms with Gasteiger partial charge in [-0.2, -0.15) is 0 Å². The summed E-state index contributed by atoms with van der Waals surface area (Å²) in [5, 5.41) is 0. The SMILES string of the molecule is COc1cccc(SCC(=O)N(CCN(C)C)Cc2nc[nH]c2C)c1. The van der Waals surface area contributed by atoms with Crippen molar-refractivity contribution in [3.8, 4) is 5.75 Å². The fourth-order valence-corrected chi connectivity index (χ4v) is 3.11. The first-order chi connectivity index (χ1) is 12.0. The zero-order valence-corrected chi connectivity index (χ0v) is 16.1. The minimum atomic E-state index is 0.108. The second-order valence-corrected chi connectivity index (χ2v) is 7.11. The lowest BCUT2D eigenvalue weighted by atomic mass is 10.3. The molecule has 7 heteroatoms. The number of rotatable bonds is 9.